The van der Waals surface area contributed by atoms with Crippen molar-refractivity contribution in [1.29, 1.82) is 0 Å². The molecule has 2 fully saturated rings. The lowest BCUT2D eigenvalue weighted by atomic mass is 9.86. The van der Waals surface area contributed by atoms with Crippen molar-refractivity contribution in [3.8, 4) is 0 Å². The molecule has 0 aromatic carbocycles. The second kappa shape index (κ2) is 4.87. The summed E-state index contributed by atoms with van der Waals surface area (Å²) in [5.74, 6) is 0. The monoisotopic (exact) mass is 239 g/mol. The van der Waals surface area contributed by atoms with E-state index in [1.807, 2.05) is 0 Å². The van der Waals surface area contributed by atoms with Crippen LogP contribution in [0.25, 0.3) is 0 Å². The minimum atomic E-state index is 0.447. The van der Waals surface area contributed by atoms with E-state index >= 15 is 0 Å². The number of hydrogen-bond donors (Lipinski definition) is 1. The van der Waals surface area contributed by atoms with Crippen LogP contribution >= 0.6 is 0 Å². The van der Waals surface area contributed by atoms with E-state index in [1.54, 1.807) is 0 Å². The molecule has 0 radical (unpaired) electrons. The first-order valence-electron chi connectivity index (χ1n) is 7.07. The summed E-state index contributed by atoms with van der Waals surface area (Å²) >= 11 is 0. The molecule has 3 heteroatoms. The summed E-state index contributed by atoms with van der Waals surface area (Å²) in [7, 11) is 4.37. The van der Waals surface area contributed by atoms with Gasteiger partial charge in [0, 0.05) is 37.8 Å². The molecule has 17 heavy (non-hydrogen) atoms. The summed E-state index contributed by atoms with van der Waals surface area (Å²) in [6.07, 6.45) is 2.70. The van der Waals surface area contributed by atoms with Crippen LogP contribution in [0.4, 0.5) is 0 Å². The number of nitrogens with zero attached hydrogens (tertiary/aromatic N) is 2. The number of piperazine rings is 1. The average Bonchev–Trinajstić information content (AvgIpc) is 2.53. The number of rotatable bonds is 2. The van der Waals surface area contributed by atoms with Gasteiger partial charge in [0.1, 0.15) is 0 Å². The lowest BCUT2D eigenvalue weighted by Crippen LogP contribution is -2.59. The van der Waals surface area contributed by atoms with Crippen molar-refractivity contribution >= 4 is 0 Å². The molecule has 0 bridgehead atoms. The van der Waals surface area contributed by atoms with Crippen LogP contribution in [-0.4, -0.2) is 61.7 Å². The van der Waals surface area contributed by atoms with E-state index in [1.165, 1.54) is 32.5 Å². The highest BCUT2D eigenvalue weighted by atomic mass is 15.3. The molecule has 1 heterocycles. The minimum Gasteiger partial charge on any atom is -0.315 e. The first-order valence-corrected chi connectivity index (χ1v) is 7.07. The normalized spacial score (nSPS) is 39.7. The van der Waals surface area contributed by atoms with E-state index in [-0.39, 0.29) is 0 Å². The third-order valence-electron chi connectivity index (χ3n) is 4.93. The molecule has 1 aliphatic carbocycles. The van der Waals surface area contributed by atoms with Gasteiger partial charge in [0.05, 0.1) is 0 Å². The van der Waals surface area contributed by atoms with Crippen LogP contribution in [0.2, 0.25) is 0 Å². The predicted molar refractivity (Wildman–Crippen MR) is 73.3 cm³/mol. The maximum absolute atomic E-state index is 3.58. The third-order valence-corrected chi connectivity index (χ3v) is 4.93. The van der Waals surface area contributed by atoms with E-state index in [9.17, 15) is 0 Å². The molecule has 1 N–H and O–H groups in total. The summed E-state index contributed by atoms with van der Waals surface area (Å²) in [5.41, 5.74) is 0.447. The predicted octanol–water partition coefficient (Wildman–Crippen LogP) is 1.40. The largest absolute Gasteiger partial charge is 0.315 e. The zero-order valence-electron chi connectivity index (χ0n) is 12.2. The van der Waals surface area contributed by atoms with Gasteiger partial charge < -0.3 is 10.2 Å². The Kier molecular flexibility index (Phi) is 3.81. The highest BCUT2D eigenvalue weighted by Gasteiger charge is 2.45. The van der Waals surface area contributed by atoms with Gasteiger partial charge in [0.2, 0.25) is 0 Å². The molecule has 1 aliphatic heterocycles. The molecular weight excluding hydrogens is 210 g/mol. The maximum Gasteiger partial charge on any atom is 0.0271 e. The molecule has 100 valence electrons. The van der Waals surface area contributed by atoms with Gasteiger partial charge in [0.25, 0.3) is 0 Å². The SMILES string of the molecule is CNC1C(N2CCN(C)CC2C)CCC1(C)C. The van der Waals surface area contributed by atoms with Crippen LogP contribution in [0.15, 0.2) is 0 Å². The Hall–Kier alpha value is -0.120. The highest BCUT2D eigenvalue weighted by Crippen LogP contribution is 2.40. The average molecular weight is 239 g/mol. The van der Waals surface area contributed by atoms with Crippen molar-refractivity contribution < 1.29 is 0 Å². The molecule has 1 saturated carbocycles. The highest BCUT2D eigenvalue weighted by molar-refractivity contribution is 5.02. The Labute approximate surface area is 107 Å². The van der Waals surface area contributed by atoms with Gasteiger partial charge in [0.15, 0.2) is 0 Å². The number of hydrogen-bond acceptors (Lipinski definition) is 3. The molecule has 1 saturated heterocycles. The summed E-state index contributed by atoms with van der Waals surface area (Å²) < 4.78 is 0. The molecule has 3 atom stereocenters. The van der Waals surface area contributed by atoms with Gasteiger partial charge in [-0.1, -0.05) is 13.8 Å². The molecule has 0 spiro atoms. The van der Waals surface area contributed by atoms with Crippen molar-refractivity contribution in [1.82, 2.24) is 15.1 Å². The first-order chi connectivity index (χ1) is 7.95. The standard InChI is InChI=1S/C14H29N3/c1-11-10-16(5)8-9-17(11)12-6-7-14(2,3)13(12)15-4/h11-13,15H,6-10H2,1-5H3. The Balaban J connectivity index is 2.07. The summed E-state index contributed by atoms with van der Waals surface area (Å²) in [6.45, 7) is 10.9. The first kappa shape index (κ1) is 13.3. The van der Waals surface area contributed by atoms with Gasteiger partial charge in [-0.25, -0.2) is 0 Å². The lowest BCUT2D eigenvalue weighted by molar-refractivity contribution is 0.0457. The summed E-state index contributed by atoms with van der Waals surface area (Å²) in [6, 6.07) is 2.08. The van der Waals surface area contributed by atoms with E-state index in [2.05, 4.69) is 50.0 Å². The van der Waals surface area contributed by atoms with Gasteiger partial charge in [-0.2, -0.15) is 0 Å². The summed E-state index contributed by atoms with van der Waals surface area (Å²) in [5, 5.41) is 3.58. The third kappa shape index (κ3) is 2.51. The maximum atomic E-state index is 3.58. The van der Waals surface area contributed by atoms with Crippen LogP contribution < -0.4 is 5.32 Å². The smallest absolute Gasteiger partial charge is 0.0271 e. The Bertz CT molecular complexity index is 264. The molecule has 0 amide bonds. The fourth-order valence-corrected chi connectivity index (χ4v) is 3.95. The van der Waals surface area contributed by atoms with Crippen LogP contribution in [0.3, 0.4) is 0 Å². The Morgan fingerprint density at radius 3 is 2.53 bits per heavy atom. The fraction of sp³-hybridized carbons (Fsp3) is 1.00. The molecule has 0 aromatic rings. The van der Waals surface area contributed by atoms with Crippen molar-refractivity contribution in [2.75, 3.05) is 33.7 Å². The van der Waals surface area contributed by atoms with Crippen LogP contribution in [-0.2, 0) is 0 Å². The van der Waals surface area contributed by atoms with Crippen molar-refractivity contribution in [2.45, 2.75) is 51.7 Å². The van der Waals surface area contributed by atoms with E-state index in [4.69, 9.17) is 0 Å². The quantitative estimate of drug-likeness (QED) is 0.786. The van der Waals surface area contributed by atoms with Gasteiger partial charge in [-0.3, -0.25) is 4.90 Å². The molecule has 2 rings (SSSR count). The van der Waals surface area contributed by atoms with Gasteiger partial charge in [-0.15, -0.1) is 0 Å². The van der Waals surface area contributed by atoms with Gasteiger partial charge >= 0.3 is 0 Å². The minimum absolute atomic E-state index is 0.447. The van der Waals surface area contributed by atoms with Crippen LogP contribution in [0.5, 0.6) is 0 Å². The van der Waals surface area contributed by atoms with Crippen molar-refractivity contribution in [2.24, 2.45) is 5.41 Å². The topological polar surface area (TPSA) is 18.5 Å². The molecule has 2 aliphatic rings. The zero-order chi connectivity index (χ0) is 12.6. The van der Waals surface area contributed by atoms with E-state index in [0.717, 1.165) is 6.04 Å². The summed E-state index contributed by atoms with van der Waals surface area (Å²) in [4.78, 5) is 5.20. The second-order valence-electron chi connectivity index (χ2n) is 6.71. The lowest BCUT2D eigenvalue weighted by Gasteiger charge is -2.45. The molecule has 3 unspecified atom stereocenters. The zero-order valence-corrected chi connectivity index (χ0v) is 12.2. The number of nitrogens with one attached hydrogen (secondary N) is 1. The van der Waals surface area contributed by atoms with Crippen LogP contribution in [0.1, 0.15) is 33.6 Å². The van der Waals surface area contributed by atoms with E-state index in [0.29, 0.717) is 17.5 Å². The van der Waals surface area contributed by atoms with E-state index < -0.39 is 0 Å². The second-order valence-corrected chi connectivity index (χ2v) is 6.71. The van der Waals surface area contributed by atoms with Gasteiger partial charge in [-0.05, 0) is 39.3 Å². The number of likely N-dealkylation sites (N-methyl/N-ethyl adjacent to an activating group) is 2. The Morgan fingerprint density at radius 2 is 1.94 bits per heavy atom. The molecular formula is C14H29N3. The van der Waals surface area contributed by atoms with Crippen molar-refractivity contribution in [3.63, 3.8) is 0 Å². The molecule has 3 nitrogen and oxygen atoms in total. The molecule has 0 aromatic heterocycles. The Morgan fingerprint density at radius 1 is 1.24 bits per heavy atom. The van der Waals surface area contributed by atoms with Crippen LogP contribution in [0, 0.1) is 5.41 Å². The van der Waals surface area contributed by atoms with Crippen molar-refractivity contribution in [3.05, 3.63) is 0 Å². The fourth-order valence-electron chi connectivity index (χ4n) is 3.95.